The molecule has 0 aliphatic carbocycles. The summed E-state index contributed by atoms with van der Waals surface area (Å²) in [6, 6.07) is 6.83. The molecule has 0 amide bonds. The van der Waals surface area contributed by atoms with E-state index in [0.717, 1.165) is 31.5 Å². The molecule has 19 heavy (non-hydrogen) atoms. The summed E-state index contributed by atoms with van der Waals surface area (Å²) in [4.78, 5) is 2.36. The highest BCUT2D eigenvalue weighted by molar-refractivity contribution is 6.21. The van der Waals surface area contributed by atoms with Crippen molar-refractivity contribution in [2.45, 2.75) is 37.1 Å². The van der Waals surface area contributed by atoms with Crippen molar-refractivity contribution in [1.82, 2.24) is 4.90 Å². The Morgan fingerprint density at radius 2 is 2.05 bits per heavy atom. The van der Waals surface area contributed by atoms with Gasteiger partial charge in [0.1, 0.15) is 5.82 Å². The van der Waals surface area contributed by atoms with Gasteiger partial charge in [0.05, 0.1) is 5.38 Å². The first-order valence-corrected chi connectivity index (χ1v) is 7.39. The van der Waals surface area contributed by atoms with E-state index in [0.29, 0.717) is 6.04 Å². The van der Waals surface area contributed by atoms with Crippen molar-refractivity contribution in [2.24, 2.45) is 0 Å². The van der Waals surface area contributed by atoms with Gasteiger partial charge in [-0.3, -0.25) is 4.90 Å². The third-order valence-corrected chi connectivity index (χ3v) is 4.23. The summed E-state index contributed by atoms with van der Waals surface area (Å²) in [7, 11) is 0. The molecule has 1 aliphatic rings. The summed E-state index contributed by atoms with van der Waals surface area (Å²) in [5.41, 5.74) is 0.955. The molecule has 2 unspecified atom stereocenters. The minimum atomic E-state index is -0.233. The highest BCUT2D eigenvalue weighted by Crippen LogP contribution is 2.27. The van der Waals surface area contributed by atoms with Crippen molar-refractivity contribution in [1.29, 1.82) is 0 Å². The van der Waals surface area contributed by atoms with Crippen molar-refractivity contribution < 1.29 is 9.50 Å². The SMILES string of the molecule is OCCC1CCCCN1CC(Cl)c1ccc(F)cc1. The van der Waals surface area contributed by atoms with E-state index in [9.17, 15) is 4.39 Å². The Kier molecular flexibility index (Phi) is 5.61. The van der Waals surface area contributed by atoms with Crippen LogP contribution in [0.2, 0.25) is 0 Å². The number of aliphatic hydroxyl groups excluding tert-OH is 1. The van der Waals surface area contributed by atoms with Gasteiger partial charge in [0.15, 0.2) is 0 Å². The molecule has 2 rings (SSSR count). The Morgan fingerprint density at radius 1 is 1.32 bits per heavy atom. The lowest BCUT2D eigenvalue weighted by Gasteiger charge is -2.36. The molecule has 1 heterocycles. The van der Waals surface area contributed by atoms with Crippen LogP contribution in [0.25, 0.3) is 0 Å². The molecule has 1 aromatic carbocycles. The lowest BCUT2D eigenvalue weighted by atomic mass is 9.99. The van der Waals surface area contributed by atoms with Gasteiger partial charge in [-0.15, -0.1) is 11.6 Å². The first-order chi connectivity index (χ1) is 9.20. The zero-order valence-corrected chi connectivity index (χ0v) is 11.8. The number of rotatable bonds is 5. The smallest absolute Gasteiger partial charge is 0.123 e. The van der Waals surface area contributed by atoms with Gasteiger partial charge < -0.3 is 5.11 Å². The molecule has 0 bridgehead atoms. The first kappa shape index (κ1) is 14.8. The summed E-state index contributed by atoms with van der Waals surface area (Å²) in [5, 5.41) is 8.99. The zero-order valence-electron chi connectivity index (χ0n) is 11.1. The van der Waals surface area contributed by atoms with Gasteiger partial charge >= 0.3 is 0 Å². The Hall–Kier alpha value is -0.640. The summed E-state index contributed by atoms with van der Waals surface area (Å²) in [6.07, 6.45) is 4.36. The van der Waals surface area contributed by atoms with E-state index < -0.39 is 0 Å². The molecule has 1 saturated heterocycles. The predicted octanol–water partition coefficient (Wildman–Crippen LogP) is 3.34. The summed E-state index contributed by atoms with van der Waals surface area (Å²) in [6.45, 7) is 2.03. The molecule has 2 atom stereocenters. The van der Waals surface area contributed by atoms with Crippen LogP contribution in [0, 0.1) is 5.82 Å². The van der Waals surface area contributed by atoms with E-state index in [1.165, 1.54) is 25.0 Å². The molecule has 0 radical (unpaired) electrons. The van der Waals surface area contributed by atoms with Crippen LogP contribution < -0.4 is 0 Å². The summed E-state index contributed by atoms with van der Waals surface area (Å²) >= 11 is 6.43. The van der Waals surface area contributed by atoms with Gasteiger partial charge in [-0.05, 0) is 43.5 Å². The maximum atomic E-state index is 12.9. The molecule has 1 aliphatic heterocycles. The molecular formula is C15H21ClFNO. The first-order valence-electron chi connectivity index (χ1n) is 6.95. The van der Waals surface area contributed by atoms with Gasteiger partial charge in [0.25, 0.3) is 0 Å². The Labute approximate surface area is 119 Å². The van der Waals surface area contributed by atoms with Gasteiger partial charge in [-0.2, -0.15) is 0 Å². The van der Waals surface area contributed by atoms with Crippen molar-refractivity contribution in [3.8, 4) is 0 Å². The third kappa shape index (κ3) is 4.16. The lowest BCUT2D eigenvalue weighted by Crippen LogP contribution is -2.41. The second-order valence-corrected chi connectivity index (χ2v) is 5.70. The van der Waals surface area contributed by atoms with Crippen LogP contribution in [0.1, 0.15) is 36.6 Å². The number of alkyl halides is 1. The fraction of sp³-hybridized carbons (Fsp3) is 0.600. The number of hydrogen-bond acceptors (Lipinski definition) is 2. The number of hydrogen-bond donors (Lipinski definition) is 1. The van der Waals surface area contributed by atoms with Crippen LogP contribution >= 0.6 is 11.6 Å². The average Bonchev–Trinajstić information content (AvgIpc) is 2.42. The molecule has 0 aromatic heterocycles. The largest absolute Gasteiger partial charge is 0.396 e. The molecule has 0 saturated carbocycles. The second kappa shape index (κ2) is 7.22. The predicted molar refractivity (Wildman–Crippen MR) is 75.9 cm³/mol. The van der Waals surface area contributed by atoms with E-state index in [1.54, 1.807) is 12.1 Å². The molecule has 1 fully saturated rings. The number of aliphatic hydroxyl groups is 1. The number of nitrogens with zero attached hydrogens (tertiary/aromatic N) is 1. The summed E-state index contributed by atoms with van der Waals surface area (Å²) < 4.78 is 12.9. The molecule has 4 heteroatoms. The fourth-order valence-electron chi connectivity index (χ4n) is 2.76. The van der Waals surface area contributed by atoms with E-state index in [2.05, 4.69) is 4.90 Å². The highest BCUT2D eigenvalue weighted by Gasteiger charge is 2.24. The topological polar surface area (TPSA) is 23.5 Å². The molecule has 0 spiro atoms. The van der Waals surface area contributed by atoms with Crippen LogP contribution in [0.5, 0.6) is 0 Å². The summed E-state index contributed by atoms with van der Waals surface area (Å²) in [5.74, 6) is -0.233. The Balaban J connectivity index is 1.96. The number of halogens is 2. The van der Waals surface area contributed by atoms with Crippen LogP contribution in [-0.2, 0) is 0 Å². The second-order valence-electron chi connectivity index (χ2n) is 5.18. The monoisotopic (exact) mass is 285 g/mol. The highest BCUT2D eigenvalue weighted by atomic mass is 35.5. The van der Waals surface area contributed by atoms with Crippen LogP contribution in [0.15, 0.2) is 24.3 Å². The van der Waals surface area contributed by atoms with Gasteiger partial charge in [0, 0.05) is 19.2 Å². The van der Waals surface area contributed by atoms with Crippen LogP contribution in [0.4, 0.5) is 4.39 Å². The molecule has 1 N–H and O–H groups in total. The minimum absolute atomic E-state index is 0.125. The molecule has 1 aromatic rings. The lowest BCUT2D eigenvalue weighted by molar-refractivity contribution is 0.119. The van der Waals surface area contributed by atoms with Crippen molar-refractivity contribution in [3.05, 3.63) is 35.6 Å². The van der Waals surface area contributed by atoms with E-state index >= 15 is 0 Å². The van der Waals surface area contributed by atoms with E-state index in [-0.39, 0.29) is 17.8 Å². The Bertz CT molecular complexity index is 382. The maximum absolute atomic E-state index is 12.9. The molecule has 2 nitrogen and oxygen atoms in total. The Morgan fingerprint density at radius 3 is 2.74 bits per heavy atom. The van der Waals surface area contributed by atoms with Gasteiger partial charge in [-0.25, -0.2) is 4.39 Å². The van der Waals surface area contributed by atoms with Crippen molar-refractivity contribution in [2.75, 3.05) is 19.7 Å². The normalized spacial score (nSPS) is 22.4. The zero-order chi connectivity index (χ0) is 13.7. The van der Waals surface area contributed by atoms with Crippen molar-refractivity contribution >= 4 is 11.6 Å². The average molecular weight is 286 g/mol. The quantitative estimate of drug-likeness (QED) is 0.839. The maximum Gasteiger partial charge on any atom is 0.123 e. The number of likely N-dealkylation sites (tertiary alicyclic amines) is 1. The van der Waals surface area contributed by atoms with Crippen LogP contribution in [0.3, 0.4) is 0 Å². The van der Waals surface area contributed by atoms with E-state index in [1.807, 2.05) is 0 Å². The van der Waals surface area contributed by atoms with E-state index in [4.69, 9.17) is 16.7 Å². The number of piperidine rings is 1. The molecular weight excluding hydrogens is 265 g/mol. The van der Waals surface area contributed by atoms with Crippen LogP contribution in [-0.4, -0.2) is 35.7 Å². The fourth-order valence-corrected chi connectivity index (χ4v) is 3.08. The number of benzene rings is 1. The standard InChI is InChI=1S/C15H21ClFNO/c16-15(12-4-6-13(17)7-5-12)11-18-9-2-1-3-14(18)8-10-19/h4-7,14-15,19H,1-3,8-11H2. The minimum Gasteiger partial charge on any atom is -0.396 e. The molecule has 106 valence electrons. The van der Waals surface area contributed by atoms with Gasteiger partial charge in [-0.1, -0.05) is 18.6 Å². The van der Waals surface area contributed by atoms with Crippen molar-refractivity contribution in [3.63, 3.8) is 0 Å². The van der Waals surface area contributed by atoms with Gasteiger partial charge in [0.2, 0.25) is 0 Å². The third-order valence-electron chi connectivity index (χ3n) is 3.84.